The van der Waals surface area contributed by atoms with Gasteiger partial charge in [0.25, 0.3) is 11.8 Å². The van der Waals surface area contributed by atoms with Gasteiger partial charge < -0.3 is 24.6 Å². The number of aromatic nitrogens is 1. The van der Waals surface area contributed by atoms with E-state index in [-0.39, 0.29) is 24.2 Å². The fraction of sp³-hybridized carbons (Fsp3) is 0.500. The summed E-state index contributed by atoms with van der Waals surface area (Å²) in [6, 6.07) is 6.38. The number of aryl methyl sites for hydroxylation is 1. The lowest BCUT2D eigenvalue weighted by Gasteiger charge is -2.58. The zero-order chi connectivity index (χ0) is 23.1. The van der Waals surface area contributed by atoms with E-state index in [9.17, 15) is 14.7 Å². The summed E-state index contributed by atoms with van der Waals surface area (Å²) >= 11 is 11.9. The molecule has 32 heavy (non-hydrogen) atoms. The van der Waals surface area contributed by atoms with Crippen LogP contribution in [-0.4, -0.2) is 57.8 Å². The van der Waals surface area contributed by atoms with Crippen molar-refractivity contribution in [2.45, 2.75) is 56.2 Å². The second-order valence-electron chi connectivity index (χ2n) is 8.71. The highest BCUT2D eigenvalue weighted by molar-refractivity contribution is 6.42. The van der Waals surface area contributed by atoms with E-state index in [0.29, 0.717) is 53.6 Å². The number of ether oxygens (including phenoxy) is 1. The molecule has 10 heteroatoms. The summed E-state index contributed by atoms with van der Waals surface area (Å²) in [5, 5.41) is 18.5. The summed E-state index contributed by atoms with van der Waals surface area (Å²) < 4.78 is 10.6. The Balaban J connectivity index is 1.38. The maximum Gasteiger partial charge on any atom is 0.292 e. The Bertz CT molecular complexity index is 1030. The standard InChI is InChI=1S/C22H25Cl2N3O5/c1-13-9-17(32-26-13)20(30)27(2)21-5-7-22(8-6-21,18(28)11-21)25-19(29)12-31-14-3-4-15(23)16(24)10-14/h3-4,9-10,18,28H,5-8,11-12H2,1-2H3,(H,25,29). The number of carbonyl (C=O) groups excluding carboxylic acids is 2. The third-order valence-electron chi connectivity index (χ3n) is 6.79. The Morgan fingerprint density at radius 1 is 1.25 bits per heavy atom. The van der Waals surface area contributed by atoms with Crippen molar-refractivity contribution < 1.29 is 24.0 Å². The lowest BCUT2D eigenvalue weighted by molar-refractivity contribution is -0.135. The highest BCUT2D eigenvalue weighted by Gasteiger charge is 2.57. The minimum absolute atomic E-state index is 0.184. The number of amides is 2. The van der Waals surface area contributed by atoms with Crippen molar-refractivity contribution >= 4 is 35.0 Å². The van der Waals surface area contributed by atoms with E-state index >= 15 is 0 Å². The number of aliphatic hydroxyl groups is 1. The second kappa shape index (κ2) is 8.57. The molecule has 1 aromatic carbocycles. The fourth-order valence-corrected chi connectivity index (χ4v) is 5.10. The van der Waals surface area contributed by atoms with E-state index in [2.05, 4.69) is 10.5 Å². The molecule has 172 valence electrons. The molecular formula is C22H25Cl2N3O5. The highest BCUT2D eigenvalue weighted by Crippen LogP contribution is 2.50. The zero-order valence-corrected chi connectivity index (χ0v) is 19.4. The summed E-state index contributed by atoms with van der Waals surface area (Å²) in [6.07, 6.45) is 2.02. The highest BCUT2D eigenvalue weighted by atomic mass is 35.5. The first kappa shape index (κ1) is 22.9. The molecule has 3 saturated carbocycles. The topological polar surface area (TPSA) is 105 Å². The molecule has 1 unspecified atom stereocenters. The van der Waals surface area contributed by atoms with Gasteiger partial charge in [-0.25, -0.2) is 0 Å². The minimum Gasteiger partial charge on any atom is -0.484 e. The van der Waals surface area contributed by atoms with Crippen molar-refractivity contribution in [3.8, 4) is 5.75 Å². The lowest BCUT2D eigenvalue weighted by atomic mass is 9.59. The predicted molar refractivity (Wildman–Crippen MR) is 118 cm³/mol. The van der Waals surface area contributed by atoms with Crippen molar-refractivity contribution in [3.63, 3.8) is 0 Å². The molecule has 0 radical (unpaired) electrons. The van der Waals surface area contributed by atoms with Crippen LogP contribution in [0.3, 0.4) is 0 Å². The van der Waals surface area contributed by atoms with Gasteiger partial charge >= 0.3 is 0 Å². The molecule has 2 bridgehead atoms. The summed E-state index contributed by atoms with van der Waals surface area (Å²) in [5.41, 5.74) is -0.580. The molecule has 3 aliphatic carbocycles. The van der Waals surface area contributed by atoms with Gasteiger partial charge in [0.15, 0.2) is 6.61 Å². The van der Waals surface area contributed by atoms with E-state index in [1.54, 1.807) is 43.1 Å². The van der Waals surface area contributed by atoms with Crippen LogP contribution in [-0.2, 0) is 4.79 Å². The van der Waals surface area contributed by atoms with Gasteiger partial charge in [-0.15, -0.1) is 0 Å². The first-order valence-corrected chi connectivity index (χ1v) is 11.2. The molecule has 0 saturated heterocycles. The number of carbonyl (C=O) groups is 2. The first-order valence-electron chi connectivity index (χ1n) is 10.4. The quantitative estimate of drug-likeness (QED) is 0.654. The molecule has 3 aliphatic rings. The van der Waals surface area contributed by atoms with E-state index < -0.39 is 17.2 Å². The van der Waals surface area contributed by atoms with Crippen LogP contribution >= 0.6 is 23.2 Å². The van der Waals surface area contributed by atoms with Crippen molar-refractivity contribution in [3.05, 3.63) is 45.8 Å². The summed E-state index contributed by atoms with van der Waals surface area (Å²) in [6.45, 7) is 1.55. The van der Waals surface area contributed by atoms with Crippen LogP contribution in [0.25, 0.3) is 0 Å². The van der Waals surface area contributed by atoms with Gasteiger partial charge in [0.2, 0.25) is 5.76 Å². The Labute approximate surface area is 195 Å². The summed E-state index contributed by atoms with van der Waals surface area (Å²) in [4.78, 5) is 27.1. The molecule has 1 atom stereocenters. The number of aliphatic hydroxyl groups excluding tert-OH is 1. The molecule has 8 nitrogen and oxygen atoms in total. The molecule has 3 fully saturated rings. The first-order chi connectivity index (χ1) is 15.1. The summed E-state index contributed by atoms with van der Waals surface area (Å²) in [7, 11) is 1.73. The largest absolute Gasteiger partial charge is 0.484 e. The molecule has 2 N–H and O–H groups in total. The maximum atomic E-state index is 12.9. The Morgan fingerprint density at radius 2 is 1.97 bits per heavy atom. The van der Waals surface area contributed by atoms with E-state index in [1.807, 2.05) is 0 Å². The maximum absolute atomic E-state index is 12.9. The van der Waals surface area contributed by atoms with E-state index in [1.165, 1.54) is 0 Å². The van der Waals surface area contributed by atoms with Crippen molar-refractivity contribution in [1.82, 2.24) is 15.4 Å². The third kappa shape index (κ3) is 4.19. The van der Waals surface area contributed by atoms with Gasteiger partial charge in [0.1, 0.15) is 5.75 Å². The Hall–Kier alpha value is -2.29. The van der Waals surface area contributed by atoms with Crippen LogP contribution in [0.2, 0.25) is 10.0 Å². The third-order valence-corrected chi connectivity index (χ3v) is 7.53. The lowest BCUT2D eigenvalue weighted by Crippen LogP contribution is -2.70. The molecule has 1 aromatic heterocycles. The van der Waals surface area contributed by atoms with Gasteiger partial charge in [0, 0.05) is 24.7 Å². The van der Waals surface area contributed by atoms with Crippen molar-refractivity contribution in [2.75, 3.05) is 13.7 Å². The molecule has 5 rings (SSSR count). The van der Waals surface area contributed by atoms with Crippen LogP contribution in [0, 0.1) is 6.92 Å². The number of nitrogens with zero attached hydrogens (tertiary/aromatic N) is 2. The van der Waals surface area contributed by atoms with Gasteiger partial charge in [-0.1, -0.05) is 28.4 Å². The van der Waals surface area contributed by atoms with Crippen LogP contribution in [0.15, 0.2) is 28.8 Å². The second-order valence-corrected chi connectivity index (χ2v) is 9.52. The predicted octanol–water partition coefficient (Wildman–Crippen LogP) is 3.37. The van der Waals surface area contributed by atoms with Crippen LogP contribution in [0.4, 0.5) is 0 Å². The average molecular weight is 482 g/mol. The molecule has 1 heterocycles. The van der Waals surface area contributed by atoms with Gasteiger partial charge in [-0.05, 0) is 51.2 Å². The van der Waals surface area contributed by atoms with Gasteiger partial charge in [-0.3, -0.25) is 9.59 Å². The number of nitrogens with one attached hydrogen (secondary N) is 1. The molecule has 2 aromatic rings. The fourth-order valence-electron chi connectivity index (χ4n) is 4.81. The van der Waals surface area contributed by atoms with Gasteiger partial charge in [-0.2, -0.15) is 0 Å². The molecule has 0 spiro atoms. The number of rotatable bonds is 6. The number of fused-ring (bicyclic) bond motifs is 3. The summed E-state index contributed by atoms with van der Waals surface area (Å²) in [5.74, 6) is 0.0306. The number of hydrogen-bond acceptors (Lipinski definition) is 6. The smallest absolute Gasteiger partial charge is 0.292 e. The zero-order valence-electron chi connectivity index (χ0n) is 17.9. The van der Waals surface area contributed by atoms with Crippen molar-refractivity contribution in [1.29, 1.82) is 0 Å². The number of benzene rings is 1. The molecule has 0 aliphatic heterocycles. The Morgan fingerprint density at radius 3 is 2.56 bits per heavy atom. The van der Waals surface area contributed by atoms with Crippen molar-refractivity contribution in [2.24, 2.45) is 0 Å². The monoisotopic (exact) mass is 481 g/mol. The van der Waals surface area contributed by atoms with Gasteiger partial charge in [0.05, 0.1) is 27.4 Å². The van der Waals surface area contributed by atoms with Crippen LogP contribution < -0.4 is 10.1 Å². The van der Waals surface area contributed by atoms with Crippen LogP contribution in [0.5, 0.6) is 5.75 Å². The minimum atomic E-state index is -0.786. The number of halogens is 2. The Kier molecular flexibility index (Phi) is 6.13. The normalized spacial score (nSPS) is 26.6. The average Bonchev–Trinajstić information content (AvgIpc) is 3.21. The SMILES string of the molecule is Cc1cc(C(=O)N(C)C23CCC(NC(=O)COc4ccc(Cl)c(Cl)c4)(CC2)C(O)C3)on1. The van der Waals surface area contributed by atoms with Crippen LogP contribution in [0.1, 0.15) is 48.4 Å². The number of hydrogen-bond donors (Lipinski definition) is 2. The van der Waals surface area contributed by atoms with E-state index in [0.717, 1.165) is 0 Å². The molecular weight excluding hydrogens is 457 g/mol. The van der Waals surface area contributed by atoms with E-state index in [4.69, 9.17) is 32.5 Å². The molecule has 2 amide bonds.